The molecule has 24 heavy (non-hydrogen) atoms. The van der Waals surface area contributed by atoms with Crippen molar-refractivity contribution in [2.45, 2.75) is 12.8 Å². The van der Waals surface area contributed by atoms with Crippen LogP contribution in [-0.4, -0.2) is 45.6 Å². The monoisotopic (exact) mass is 345 g/mol. The number of nitrogens with two attached hydrogens (primary N) is 1. The van der Waals surface area contributed by atoms with Gasteiger partial charge >= 0.3 is 0 Å². The smallest absolute Gasteiger partial charge is 0.222 e. The van der Waals surface area contributed by atoms with Crippen LogP contribution >= 0.6 is 11.3 Å². The lowest BCUT2D eigenvalue weighted by Crippen LogP contribution is -2.41. The van der Waals surface area contributed by atoms with Crippen molar-refractivity contribution in [3.05, 3.63) is 6.33 Å². The molecule has 0 bridgehead atoms. The van der Waals surface area contributed by atoms with Gasteiger partial charge in [0, 0.05) is 27.2 Å². The van der Waals surface area contributed by atoms with Crippen LogP contribution in [0.4, 0.5) is 10.9 Å². The average molecular weight is 345 g/mol. The molecule has 0 saturated carbocycles. The van der Waals surface area contributed by atoms with E-state index in [4.69, 9.17) is 10.7 Å². The minimum absolute atomic E-state index is 0.108. The number of anilines is 2. The number of nitrogens with one attached hydrogen (secondary N) is 1. The molecule has 4 heterocycles. The molecule has 1 aliphatic heterocycles. The topological polar surface area (TPSA) is 102 Å². The maximum Gasteiger partial charge on any atom is 0.222 e. The summed E-state index contributed by atoms with van der Waals surface area (Å²) >= 11 is 1.54. The van der Waals surface area contributed by atoms with Crippen molar-refractivity contribution in [1.29, 1.82) is 0 Å². The van der Waals surface area contributed by atoms with Crippen LogP contribution in [-0.2, 0) is 11.8 Å². The van der Waals surface area contributed by atoms with Gasteiger partial charge in [0.25, 0.3) is 0 Å². The molecule has 1 atom stereocenters. The summed E-state index contributed by atoms with van der Waals surface area (Å²) in [6, 6.07) is 0. The highest BCUT2D eigenvalue weighted by Gasteiger charge is 2.27. The van der Waals surface area contributed by atoms with Gasteiger partial charge in [-0.05, 0) is 12.8 Å². The van der Waals surface area contributed by atoms with E-state index in [1.54, 1.807) is 17.7 Å². The first-order valence-corrected chi connectivity index (χ1v) is 8.73. The SMILES string of the molecule is CNc1nc2sc(N3CCCC(C(N)=O)C3)nc2c2c1ncn2C. The Morgan fingerprint density at radius 3 is 3.00 bits per heavy atom. The van der Waals surface area contributed by atoms with E-state index in [0.717, 1.165) is 51.7 Å². The standard InChI is InChI=1S/C15H19N7OS/c1-17-13-9-11(21(2)7-18-9)10-14(20-13)24-15(19-10)22-5-3-4-8(6-22)12(16)23/h7-8H,3-6H2,1-2H3,(H2,16,23)(H,17,20). The molecule has 1 aliphatic rings. The molecule has 1 unspecified atom stereocenters. The third kappa shape index (κ3) is 2.27. The van der Waals surface area contributed by atoms with Crippen LogP contribution in [0.1, 0.15) is 12.8 Å². The van der Waals surface area contributed by atoms with Crippen LogP contribution in [0, 0.1) is 5.92 Å². The highest BCUT2D eigenvalue weighted by molar-refractivity contribution is 7.22. The highest BCUT2D eigenvalue weighted by atomic mass is 32.1. The number of aryl methyl sites for hydroxylation is 1. The second kappa shape index (κ2) is 5.59. The number of hydrogen-bond acceptors (Lipinski definition) is 7. The van der Waals surface area contributed by atoms with E-state index in [0.29, 0.717) is 6.54 Å². The number of piperidine rings is 1. The Labute approximate surface area is 142 Å². The van der Waals surface area contributed by atoms with Gasteiger partial charge in [0.05, 0.1) is 12.2 Å². The number of aromatic nitrogens is 4. The number of carbonyl (C=O) groups excluding carboxylic acids is 1. The molecule has 3 aromatic rings. The largest absolute Gasteiger partial charge is 0.371 e. The molecular formula is C15H19N7OS. The Morgan fingerprint density at radius 2 is 2.25 bits per heavy atom. The number of nitrogens with zero attached hydrogens (tertiary/aromatic N) is 5. The van der Waals surface area contributed by atoms with Crippen molar-refractivity contribution in [1.82, 2.24) is 19.5 Å². The minimum Gasteiger partial charge on any atom is -0.371 e. The Balaban J connectivity index is 1.82. The molecular weight excluding hydrogens is 326 g/mol. The fourth-order valence-corrected chi connectivity index (χ4v) is 4.24. The third-order valence-corrected chi connectivity index (χ3v) is 5.54. The first-order chi connectivity index (χ1) is 11.6. The van der Waals surface area contributed by atoms with E-state index in [9.17, 15) is 4.79 Å². The van der Waals surface area contributed by atoms with E-state index in [-0.39, 0.29) is 11.8 Å². The molecule has 0 aromatic carbocycles. The number of amides is 1. The summed E-state index contributed by atoms with van der Waals surface area (Å²) in [5.74, 6) is 0.413. The Bertz CT molecular complexity index is 931. The highest BCUT2D eigenvalue weighted by Crippen LogP contribution is 2.35. The summed E-state index contributed by atoms with van der Waals surface area (Å²) in [5, 5.41) is 3.99. The van der Waals surface area contributed by atoms with Crippen LogP contribution in [0.3, 0.4) is 0 Å². The number of fused-ring (bicyclic) bond motifs is 3. The summed E-state index contributed by atoms with van der Waals surface area (Å²) in [5.41, 5.74) is 8.12. The van der Waals surface area contributed by atoms with Gasteiger partial charge in [-0.25, -0.2) is 15.0 Å². The van der Waals surface area contributed by atoms with Crippen molar-refractivity contribution in [2.75, 3.05) is 30.4 Å². The molecule has 0 radical (unpaired) electrons. The van der Waals surface area contributed by atoms with Crippen LogP contribution in [0.25, 0.3) is 21.4 Å². The third-order valence-electron chi connectivity index (χ3n) is 4.53. The van der Waals surface area contributed by atoms with E-state index in [2.05, 4.69) is 20.2 Å². The number of hydrogen-bond donors (Lipinski definition) is 2. The maximum absolute atomic E-state index is 11.5. The van der Waals surface area contributed by atoms with Gasteiger partial charge < -0.3 is 20.5 Å². The van der Waals surface area contributed by atoms with Crippen LogP contribution in [0.15, 0.2) is 6.33 Å². The lowest BCUT2D eigenvalue weighted by Gasteiger charge is -2.30. The van der Waals surface area contributed by atoms with Gasteiger partial charge in [-0.15, -0.1) is 0 Å². The van der Waals surface area contributed by atoms with Gasteiger partial charge in [-0.3, -0.25) is 4.79 Å². The maximum atomic E-state index is 11.5. The van der Waals surface area contributed by atoms with E-state index in [1.165, 1.54) is 0 Å². The fourth-order valence-electron chi connectivity index (χ4n) is 3.26. The fraction of sp³-hybridized carbons (Fsp3) is 0.467. The van der Waals surface area contributed by atoms with Crippen molar-refractivity contribution in [2.24, 2.45) is 18.7 Å². The molecule has 0 aliphatic carbocycles. The van der Waals surface area contributed by atoms with Crippen LogP contribution in [0.2, 0.25) is 0 Å². The van der Waals surface area contributed by atoms with E-state index in [1.807, 2.05) is 18.7 Å². The minimum atomic E-state index is -0.231. The number of primary amides is 1. The molecule has 1 fully saturated rings. The van der Waals surface area contributed by atoms with Crippen LogP contribution in [0.5, 0.6) is 0 Å². The molecule has 8 nitrogen and oxygen atoms in total. The number of thiazole rings is 1. The van der Waals surface area contributed by atoms with Crippen molar-refractivity contribution < 1.29 is 4.79 Å². The van der Waals surface area contributed by atoms with Crippen molar-refractivity contribution >= 4 is 49.6 Å². The molecule has 4 rings (SSSR count). The van der Waals surface area contributed by atoms with Gasteiger partial charge in [-0.2, -0.15) is 0 Å². The second-order valence-corrected chi connectivity index (χ2v) is 7.06. The quantitative estimate of drug-likeness (QED) is 0.742. The zero-order chi connectivity index (χ0) is 16.8. The van der Waals surface area contributed by atoms with Gasteiger partial charge in [-0.1, -0.05) is 11.3 Å². The number of carbonyl (C=O) groups is 1. The molecule has 3 aromatic heterocycles. The zero-order valence-corrected chi connectivity index (χ0v) is 14.4. The van der Waals surface area contributed by atoms with Gasteiger partial charge in [0.2, 0.25) is 5.91 Å². The summed E-state index contributed by atoms with van der Waals surface area (Å²) in [6.07, 6.45) is 3.57. The summed E-state index contributed by atoms with van der Waals surface area (Å²) in [4.78, 5) is 28.4. The van der Waals surface area contributed by atoms with E-state index < -0.39 is 0 Å². The Hall–Kier alpha value is -2.42. The van der Waals surface area contributed by atoms with Gasteiger partial charge in [0.1, 0.15) is 21.4 Å². The zero-order valence-electron chi connectivity index (χ0n) is 13.6. The molecule has 3 N–H and O–H groups in total. The van der Waals surface area contributed by atoms with Crippen LogP contribution < -0.4 is 16.0 Å². The Morgan fingerprint density at radius 1 is 1.42 bits per heavy atom. The molecule has 126 valence electrons. The molecule has 9 heteroatoms. The normalized spacial score (nSPS) is 18.4. The van der Waals surface area contributed by atoms with Gasteiger partial charge in [0.15, 0.2) is 10.9 Å². The van der Waals surface area contributed by atoms with Crippen molar-refractivity contribution in [3.8, 4) is 0 Å². The summed E-state index contributed by atoms with van der Waals surface area (Å²) in [7, 11) is 3.80. The van der Waals surface area contributed by atoms with E-state index >= 15 is 0 Å². The molecule has 1 amide bonds. The Kier molecular flexibility index (Phi) is 3.52. The number of imidazole rings is 1. The predicted octanol–water partition coefficient (Wildman–Crippen LogP) is 1.32. The first-order valence-electron chi connectivity index (χ1n) is 7.92. The van der Waals surface area contributed by atoms with Crippen molar-refractivity contribution in [3.63, 3.8) is 0 Å². The lowest BCUT2D eigenvalue weighted by molar-refractivity contribution is -0.122. The molecule has 1 saturated heterocycles. The second-order valence-electron chi connectivity index (χ2n) is 6.10. The average Bonchev–Trinajstić information content (AvgIpc) is 3.17. The lowest BCUT2D eigenvalue weighted by atomic mass is 9.98. The first kappa shape index (κ1) is 15.1. The molecule has 0 spiro atoms. The number of pyridine rings is 1. The predicted molar refractivity (Wildman–Crippen MR) is 95.4 cm³/mol. The number of rotatable bonds is 3. The summed E-state index contributed by atoms with van der Waals surface area (Å²) in [6.45, 7) is 1.51. The summed E-state index contributed by atoms with van der Waals surface area (Å²) < 4.78 is 1.96.